The third-order valence-corrected chi connectivity index (χ3v) is 3.85. The highest BCUT2D eigenvalue weighted by atomic mass is 16.5. The van der Waals surface area contributed by atoms with Crippen LogP contribution < -0.4 is 5.73 Å². The molecule has 0 aliphatic carbocycles. The molecule has 1 aromatic heterocycles. The van der Waals surface area contributed by atoms with Gasteiger partial charge in [-0.15, -0.1) is 0 Å². The Morgan fingerprint density at radius 3 is 2.68 bits per heavy atom. The maximum atomic E-state index is 12.4. The van der Waals surface area contributed by atoms with E-state index in [0.29, 0.717) is 37.7 Å². The topological polar surface area (TPSA) is 68.5 Å². The fraction of sp³-hybridized carbons (Fsp3) is 0.294. The number of rotatable bonds is 2. The molecule has 114 valence electrons. The van der Waals surface area contributed by atoms with Gasteiger partial charge in [0.25, 0.3) is 5.91 Å². The Morgan fingerprint density at radius 2 is 2.00 bits per heavy atom. The zero-order chi connectivity index (χ0) is 15.5. The Balaban J connectivity index is 1.83. The van der Waals surface area contributed by atoms with E-state index in [1.807, 2.05) is 31.2 Å². The van der Waals surface area contributed by atoms with Gasteiger partial charge in [0.2, 0.25) is 0 Å². The van der Waals surface area contributed by atoms with Crippen molar-refractivity contribution >= 4 is 11.6 Å². The fourth-order valence-electron chi connectivity index (χ4n) is 2.56. The van der Waals surface area contributed by atoms with Crippen molar-refractivity contribution in [1.82, 2.24) is 9.88 Å². The van der Waals surface area contributed by atoms with E-state index in [1.165, 1.54) is 0 Å². The van der Waals surface area contributed by atoms with Crippen LogP contribution in [0.15, 0.2) is 36.5 Å². The van der Waals surface area contributed by atoms with Crippen molar-refractivity contribution in [3.05, 3.63) is 47.8 Å². The van der Waals surface area contributed by atoms with Gasteiger partial charge in [0.05, 0.1) is 13.2 Å². The summed E-state index contributed by atoms with van der Waals surface area (Å²) in [6.07, 6.45) is 1.73. The summed E-state index contributed by atoms with van der Waals surface area (Å²) in [5, 5.41) is 0. The predicted octanol–water partition coefficient (Wildman–Crippen LogP) is 2.11. The fourth-order valence-corrected chi connectivity index (χ4v) is 2.56. The van der Waals surface area contributed by atoms with Gasteiger partial charge < -0.3 is 15.4 Å². The number of aryl methyl sites for hydroxylation is 1. The second-order valence-electron chi connectivity index (χ2n) is 5.41. The van der Waals surface area contributed by atoms with Gasteiger partial charge in [0.15, 0.2) is 0 Å². The lowest BCUT2D eigenvalue weighted by Crippen LogP contribution is -2.41. The number of benzene rings is 1. The Labute approximate surface area is 129 Å². The van der Waals surface area contributed by atoms with Crippen molar-refractivity contribution in [3.8, 4) is 11.1 Å². The number of nitrogens with zero attached hydrogens (tertiary/aromatic N) is 2. The number of ether oxygens (including phenoxy) is 1. The Hall–Kier alpha value is -2.40. The number of anilines is 1. The first-order valence-electron chi connectivity index (χ1n) is 7.35. The minimum atomic E-state index is -0.0425. The molecule has 3 rings (SSSR count). The largest absolute Gasteiger partial charge is 0.399 e. The molecule has 0 spiro atoms. The number of amides is 1. The van der Waals surface area contributed by atoms with Gasteiger partial charge in [-0.1, -0.05) is 12.1 Å². The third kappa shape index (κ3) is 2.94. The number of hydrogen-bond donors (Lipinski definition) is 1. The molecule has 2 aromatic rings. The van der Waals surface area contributed by atoms with Crippen LogP contribution in [0.25, 0.3) is 11.1 Å². The highest BCUT2D eigenvalue weighted by Crippen LogP contribution is 2.25. The maximum Gasteiger partial charge on any atom is 0.272 e. The standard InChI is InChI=1S/C17H19N3O2/c1-12-2-4-14(18)10-15(12)13-3-5-16(19-11-13)17(21)20-6-8-22-9-7-20/h2-5,10-11H,6-9,18H2,1H3. The van der Waals surface area contributed by atoms with Crippen molar-refractivity contribution in [3.63, 3.8) is 0 Å². The van der Waals surface area contributed by atoms with Gasteiger partial charge in [-0.3, -0.25) is 9.78 Å². The summed E-state index contributed by atoms with van der Waals surface area (Å²) >= 11 is 0. The quantitative estimate of drug-likeness (QED) is 0.862. The summed E-state index contributed by atoms with van der Waals surface area (Å²) in [5.41, 5.74) is 10.2. The first-order valence-corrected chi connectivity index (χ1v) is 7.35. The summed E-state index contributed by atoms with van der Waals surface area (Å²) < 4.78 is 5.26. The highest BCUT2D eigenvalue weighted by Gasteiger charge is 2.19. The average Bonchev–Trinajstić information content (AvgIpc) is 2.57. The molecule has 1 aliphatic heterocycles. The van der Waals surface area contributed by atoms with Gasteiger partial charge in [-0.2, -0.15) is 0 Å². The molecule has 1 aliphatic rings. The van der Waals surface area contributed by atoms with Gasteiger partial charge in [0.1, 0.15) is 5.69 Å². The molecule has 5 heteroatoms. The van der Waals surface area contributed by atoms with Crippen LogP contribution in [-0.2, 0) is 4.74 Å². The summed E-state index contributed by atoms with van der Waals surface area (Å²) in [4.78, 5) is 18.5. The molecule has 1 fully saturated rings. The number of nitrogens with two attached hydrogens (primary N) is 1. The van der Waals surface area contributed by atoms with Crippen molar-refractivity contribution in [2.75, 3.05) is 32.0 Å². The molecular weight excluding hydrogens is 278 g/mol. The summed E-state index contributed by atoms with van der Waals surface area (Å²) in [6, 6.07) is 9.48. The third-order valence-electron chi connectivity index (χ3n) is 3.85. The number of hydrogen-bond acceptors (Lipinski definition) is 4. The number of pyridine rings is 1. The molecular formula is C17H19N3O2. The summed E-state index contributed by atoms with van der Waals surface area (Å²) in [7, 11) is 0. The van der Waals surface area contributed by atoms with E-state index in [-0.39, 0.29) is 5.91 Å². The van der Waals surface area contributed by atoms with Gasteiger partial charge in [0, 0.05) is 30.5 Å². The molecule has 0 saturated carbocycles. The van der Waals surface area contributed by atoms with Crippen LogP contribution in [0.5, 0.6) is 0 Å². The van der Waals surface area contributed by atoms with Crippen molar-refractivity contribution in [2.45, 2.75) is 6.92 Å². The van der Waals surface area contributed by atoms with E-state index in [1.54, 1.807) is 17.2 Å². The van der Waals surface area contributed by atoms with Crippen LogP contribution in [0.2, 0.25) is 0 Å². The van der Waals surface area contributed by atoms with Crippen LogP contribution >= 0.6 is 0 Å². The normalized spacial score (nSPS) is 14.9. The van der Waals surface area contributed by atoms with Crippen molar-refractivity contribution in [2.24, 2.45) is 0 Å². The molecule has 5 nitrogen and oxygen atoms in total. The molecule has 2 N–H and O–H groups in total. The molecule has 0 radical (unpaired) electrons. The van der Waals surface area contributed by atoms with Gasteiger partial charge in [-0.25, -0.2) is 0 Å². The number of aromatic nitrogens is 1. The van der Waals surface area contributed by atoms with Crippen LogP contribution in [0, 0.1) is 6.92 Å². The SMILES string of the molecule is Cc1ccc(N)cc1-c1ccc(C(=O)N2CCOCC2)nc1. The maximum absolute atomic E-state index is 12.4. The van der Waals surface area contributed by atoms with E-state index in [2.05, 4.69) is 4.98 Å². The van der Waals surface area contributed by atoms with E-state index in [4.69, 9.17) is 10.5 Å². The van der Waals surface area contributed by atoms with E-state index in [0.717, 1.165) is 16.7 Å². The number of carbonyl (C=O) groups excluding carboxylic acids is 1. The molecule has 1 amide bonds. The van der Waals surface area contributed by atoms with Gasteiger partial charge >= 0.3 is 0 Å². The Morgan fingerprint density at radius 1 is 1.23 bits per heavy atom. The monoisotopic (exact) mass is 297 g/mol. The Bertz CT molecular complexity index is 677. The average molecular weight is 297 g/mol. The van der Waals surface area contributed by atoms with Crippen LogP contribution in [0.1, 0.15) is 16.1 Å². The van der Waals surface area contributed by atoms with E-state index < -0.39 is 0 Å². The van der Waals surface area contributed by atoms with Crippen molar-refractivity contribution in [1.29, 1.82) is 0 Å². The first-order chi connectivity index (χ1) is 10.6. The lowest BCUT2D eigenvalue weighted by atomic mass is 10.0. The number of carbonyl (C=O) groups is 1. The van der Waals surface area contributed by atoms with Crippen LogP contribution in [0.3, 0.4) is 0 Å². The van der Waals surface area contributed by atoms with E-state index in [9.17, 15) is 4.79 Å². The second-order valence-corrected chi connectivity index (χ2v) is 5.41. The minimum Gasteiger partial charge on any atom is -0.399 e. The molecule has 0 bridgehead atoms. The summed E-state index contributed by atoms with van der Waals surface area (Å²) in [6.45, 7) is 4.45. The molecule has 0 atom stereocenters. The summed E-state index contributed by atoms with van der Waals surface area (Å²) in [5.74, 6) is -0.0425. The molecule has 1 saturated heterocycles. The Kier molecular flexibility index (Phi) is 4.06. The van der Waals surface area contributed by atoms with Crippen molar-refractivity contribution < 1.29 is 9.53 Å². The van der Waals surface area contributed by atoms with Crippen LogP contribution in [-0.4, -0.2) is 42.1 Å². The number of nitrogen functional groups attached to an aromatic ring is 1. The number of morpholine rings is 1. The lowest BCUT2D eigenvalue weighted by molar-refractivity contribution is 0.0299. The predicted molar refractivity (Wildman–Crippen MR) is 85.5 cm³/mol. The smallest absolute Gasteiger partial charge is 0.272 e. The zero-order valence-corrected chi connectivity index (χ0v) is 12.6. The van der Waals surface area contributed by atoms with Gasteiger partial charge in [-0.05, 0) is 36.2 Å². The highest BCUT2D eigenvalue weighted by molar-refractivity contribution is 5.92. The lowest BCUT2D eigenvalue weighted by Gasteiger charge is -2.26. The molecule has 0 unspecified atom stereocenters. The second kappa shape index (κ2) is 6.15. The minimum absolute atomic E-state index is 0.0425. The zero-order valence-electron chi connectivity index (χ0n) is 12.6. The molecule has 22 heavy (non-hydrogen) atoms. The molecule has 1 aromatic carbocycles. The van der Waals surface area contributed by atoms with Crippen LogP contribution in [0.4, 0.5) is 5.69 Å². The molecule has 2 heterocycles. The van der Waals surface area contributed by atoms with E-state index >= 15 is 0 Å². The first kappa shape index (κ1) is 14.5.